The van der Waals surface area contributed by atoms with E-state index in [1.807, 2.05) is 0 Å². The van der Waals surface area contributed by atoms with E-state index >= 15 is 0 Å². The van der Waals surface area contributed by atoms with E-state index in [4.69, 9.17) is 0 Å². The summed E-state index contributed by atoms with van der Waals surface area (Å²) in [5.41, 5.74) is -4.06. The Morgan fingerprint density at radius 3 is 2.36 bits per heavy atom. The minimum absolute atomic E-state index is 0.0701. The van der Waals surface area contributed by atoms with Crippen molar-refractivity contribution in [3.8, 4) is 0 Å². The van der Waals surface area contributed by atoms with E-state index < -0.39 is 5.51 Å². The van der Waals surface area contributed by atoms with E-state index in [-0.39, 0.29) is 17.5 Å². The molecular formula is C9H18F3NS. The number of alkyl halides is 3. The Kier molecular flexibility index (Phi) is 7.45. The fourth-order valence-electron chi connectivity index (χ4n) is 0.931. The van der Waals surface area contributed by atoms with E-state index in [0.29, 0.717) is 12.3 Å². The highest BCUT2D eigenvalue weighted by Crippen LogP contribution is 2.30. The molecule has 0 radical (unpaired) electrons. The molecule has 0 aliphatic carbocycles. The minimum Gasteiger partial charge on any atom is -0.316 e. The average molecular weight is 229 g/mol. The van der Waals surface area contributed by atoms with Gasteiger partial charge in [0.25, 0.3) is 0 Å². The highest BCUT2D eigenvalue weighted by atomic mass is 32.2. The molecule has 0 fully saturated rings. The topological polar surface area (TPSA) is 12.0 Å². The summed E-state index contributed by atoms with van der Waals surface area (Å²) in [6, 6.07) is 0. The molecule has 0 aromatic heterocycles. The number of hydrogen-bond acceptors (Lipinski definition) is 2. The third kappa shape index (κ3) is 12.1. The average Bonchev–Trinajstić information content (AvgIpc) is 2.00. The van der Waals surface area contributed by atoms with Gasteiger partial charge in [-0.3, -0.25) is 0 Å². The van der Waals surface area contributed by atoms with Crippen LogP contribution < -0.4 is 5.32 Å². The summed E-state index contributed by atoms with van der Waals surface area (Å²) in [7, 11) is 0. The fraction of sp³-hybridized carbons (Fsp3) is 1.00. The van der Waals surface area contributed by atoms with Gasteiger partial charge >= 0.3 is 5.51 Å². The second-order valence-electron chi connectivity index (χ2n) is 3.60. The molecule has 1 N–H and O–H groups in total. The minimum atomic E-state index is -4.06. The zero-order chi connectivity index (χ0) is 11.0. The molecule has 1 nitrogen and oxygen atoms in total. The Balaban J connectivity index is 3.07. The van der Waals surface area contributed by atoms with Gasteiger partial charge < -0.3 is 5.32 Å². The molecule has 0 saturated heterocycles. The van der Waals surface area contributed by atoms with Gasteiger partial charge in [0, 0.05) is 5.75 Å². The first-order chi connectivity index (χ1) is 6.42. The summed E-state index contributed by atoms with van der Waals surface area (Å²) in [6.07, 6.45) is 1.44. The van der Waals surface area contributed by atoms with Gasteiger partial charge in [-0.05, 0) is 31.8 Å². The molecule has 0 bridgehead atoms. The van der Waals surface area contributed by atoms with Crippen LogP contribution in [-0.2, 0) is 0 Å². The van der Waals surface area contributed by atoms with Gasteiger partial charge in [-0.25, -0.2) is 0 Å². The van der Waals surface area contributed by atoms with Crippen molar-refractivity contribution in [1.82, 2.24) is 5.32 Å². The molecule has 0 aliphatic heterocycles. The molecule has 0 aliphatic rings. The number of rotatable bonds is 7. The van der Waals surface area contributed by atoms with Crippen molar-refractivity contribution in [2.75, 3.05) is 18.8 Å². The van der Waals surface area contributed by atoms with Gasteiger partial charge in [-0.2, -0.15) is 13.2 Å². The maximum absolute atomic E-state index is 11.7. The molecule has 0 atom stereocenters. The molecule has 5 heteroatoms. The van der Waals surface area contributed by atoms with Crippen LogP contribution in [-0.4, -0.2) is 24.4 Å². The molecule has 0 saturated carbocycles. The van der Waals surface area contributed by atoms with E-state index in [1.165, 1.54) is 0 Å². The lowest BCUT2D eigenvalue weighted by molar-refractivity contribution is -0.0328. The van der Waals surface area contributed by atoms with Crippen LogP contribution >= 0.6 is 11.8 Å². The number of thioether (sulfide) groups is 1. The molecule has 0 heterocycles. The first-order valence-corrected chi connectivity index (χ1v) is 5.82. The highest BCUT2D eigenvalue weighted by Gasteiger charge is 2.27. The molecule has 86 valence electrons. The van der Waals surface area contributed by atoms with E-state index in [0.717, 1.165) is 19.5 Å². The molecule has 0 aromatic rings. The smallest absolute Gasteiger partial charge is 0.316 e. The Morgan fingerprint density at radius 2 is 1.86 bits per heavy atom. The fourth-order valence-corrected chi connectivity index (χ4v) is 1.51. The van der Waals surface area contributed by atoms with Crippen LogP contribution in [0.3, 0.4) is 0 Å². The summed E-state index contributed by atoms with van der Waals surface area (Å²) in [4.78, 5) is 0. The summed E-state index contributed by atoms with van der Waals surface area (Å²) in [6.45, 7) is 5.96. The van der Waals surface area contributed by atoms with Crippen LogP contribution in [0.4, 0.5) is 13.2 Å². The monoisotopic (exact) mass is 229 g/mol. The molecule has 0 rings (SSSR count). The number of hydrogen-bond donors (Lipinski definition) is 1. The predicted molar refractivity (Wildman–Crippen MR) is 55.5 cm³/mol. The van der Waals surface area contributed by atoms with Crippen molar-refractivity contribution in [1.29, 1.82) is 0 Å². The lowest BCUT2D eigenvalue weighted by atomic mass is 10.2. The summed E-state index contributed by atoms with van der Waals surface area (Å²) < 4.78 is 35.1. The SMILES string of the molecule is CC(C)CNCCCCSC(F)(F)F. The van der Waals surface area contributed by atoms with Crippen molar-refractivity contribution in [3.63, 3.8) is 0 Å². The first-order valence-electron chi connectivity index (χ1n) is 4.83. The summed E-state index contributed by atoms with van der Waals surface area (Å²) >= 11 is 0.0701. The predicted octanol–water partition coefficient (Wildman–Crippen LogP) is 3.27. The Bertz CT molecular complexity index is 137. The van der Waals surface area contributed by atoms with Gasteiger partial charge in [0.2, 0.25) is 0 Å². The standard InChI is InChI=1S/C9H18F3NS/c1-8(2)7-13-5-3-4-6-14-9(10,11)12/h8,13H,3-7H2,1-2H3. The zero-order valence-corrected chi connectivity index (χ0v) is 9.47. The number of unbranched alkanes of at least 4 members (excludes halogenated alkanes) is 1. The van der Waals surface area contributed by atoms with E-state index in [9.17, 15) is 13.2 Å². The van der Waals surface area contributed by atoms with Crippen LogP contribution in [0.2, 0.25) is 0 Å². The van der Waals surface area contributed by atoms with Crippen LogP contribution in [0.25, 0.3) is 0 Å². The van der Waals surface area contributed by atoms with Crippen LogP contribution in [0.5, 0.6) is 0 Å². The summed E-state index contributed by atoms with van der Waals surface area (Å²) in [5, 5.41) is 3.19. The van der Waals surface area contributed by atoms with Crippen molar-refractivity contribution < 1.29 is 13.2 Å². The lowest BCUT2D eigenvalue weighted by Gasteiger charge is -2.07. The third-order valence-electron chi connectivity index (χ3n) is 1.57. The highest BCUT2D eigenvalue weighted by molar-refractivity contribution is 8.00. The summed E-state index contributed by atoms with van der Waals surface area (Å²) in [5.74, 6) is 0.770. The molecule has 0 aromatic carbocycles. The molecule has 0 amide bonds. The van der Waals surface area contributed by atoms with Gasteiger partial charge in [0.1, 0.15) is 0 Å². The molecular weight excluding hydrogens is 211 g/mol. The molecule has 14 heavy (non-hydrogen) atoms. The van der Waals surface area contributed by atoms with Gasteiger partial charge in [-0.15, -0.1) is 0 Å². The van der Waals surface area contributed by atoms with Gasteiger partial charge in [0.15, 0.2) is 0 Å². The van der Waals surface area contributed by atoms with E-state index in [1.54, 1.807) is 0 Å². The van der Waals surface area contributed by atoms with Gasteiger partial charge in [-0.1, -0.05) is 25.6 Å². The van der Waals surface area contributed by atoms with Crippen LogP contribution in [0.15, 0.2) is 0 Å². The maximum Gasteiger partial charge on any atom is 0.441 e. The van der Waals surface area contributed by atoms with Crippen LogP contribution in [0, 0.1) is 5.92 Å². The maximum atomic E-state index is 11.7. The largest absolute Gasteiger partial charge is 0.441 e. The molecule has 0 spiro atoms. The Morgan fingerprint density at radius 1 is 1.21 bits per heavy atom. The molecule has 0 unspecified atom stereocenters. The van der Waals surface area contributed by atoms with Crippen molar-refractivity contribution >= 4 is 11.8 Å². The van der Waals surface area contributed by atoms with Crippen molar-refractivity contribution in [3.05, 3.63) is 0 Å². The Hall–Kier alpha value is 0.100. The number of halogens is 3. The first kappa shape index (κ1) is 14.1. The van der Waals surface area contributed by atoms with Crippen molar-refractivity contribution in [2.24, 2.45) is 5.92 Å². The zero-order valence-electron chi connectivity index (χ0n) is 8.66. The second-order valence-corrected chi connectivity index (χ2v) is 4.76. The van der Waals surface area contributed by atoms with Crippen molar-refractivity contribution in [2.45, 2.75) is 32.2 Å². The van der Waals surface area contributed by atoms with E-state index in [2.05, 4.69) is 19.2 Å². The van der Waals surface area contributed by atoms with Gasteiger partial charge in [0.05, 0.1) is 0 Å². The van der Waals surface area contributed by atoms with Crippen LogP contribution in [0.1, 0.15) is 26.7 Å². The lowest BCUT2D eigenvalue weighted by Crippen LogP contribution is -2.20. The number of nitrogens with one attached hydrogen (secondary N) is 1. The quantitative estimate of drug-likeness (QED) is 0.672. The Labute approximate surface area is 87.8 Å². The third-order valence-corrected chi connectivity index (χ3v) is 2.39. The second kappa shape index (κ2) is 7.40. The normalized spacial score (nSPS) is 12.4.